The summed E-state index contributed by atoms with van der Waals surface area (Å²) in [4.78, 5) is 4.34. The lowest BCUT2D eigenvalue weighted by Gasteiger charge is -2.11. The van der Waals surface area contributed by atoms with E-state index in [-0.39, 0.29) is 0 Å². The fourth-order valence-electron chi connectivity index (χ4n) is 2.35. The van der Waals surface area contributed by atoms with Gasteiger partial charge in [0.25, 0.3) is 0 Å². The number of imidazole rings is 1. The van der Waals surface area contributed by atoms with Gasteiger partial charge in [-0.1, -0.05) is 37.3 Å². The Balaban J connectivity index is 2.13. The third-order valence-corrected chi connectivity index (χ3v) is 3.29. The third-order valence-electron chi connectivity index (χ3n) is 3.29. The topological polar surface area (TPSA) is 29.3 Å². The minimum atomic E-state index is 0.887. The van der Waals surface area contributed by atoms with Gasteiger partial charge in [-0.05, 0) is 24.2 Å². The summed E-state index contributed by atoms with van der Waals surface area (Å²) in [6.07, 6.45) is 3.85. The zero-order chi connectivity index (χ0) is 13.1. The maximum atomic E-state index is 4.34. The number of nitrogens with one attached hydrogen (secondary N) is 1. The first kappa shape index (κ1) is 11.9. The SMILES string of the molecule is CCNCc1ccccc1-c1cccc2nccn12. The molecule has 0 amide bonds. The van der Waals surface area contributed by atoms with Crippen LogP contribution in [0.3, 0.4) is 0 Å². The molecule has 3 rings (SSSR count). The van der Waals surface area contributed by atoms with Gasteiger partial charge < -0.3 is 5.32 Å². The summed E-state index contributed by atoms with van der Waals surface area (Å²) in [6.45, 7) is 3.99. The van der Waals surface area contributed by atoms with E-state index >= 15 is 0 Å². The normalized spacial score (nSPS) is 11.0. The molecule has 0 aliphatic heterocycles. The van der Waals surface area contributed by atoms with Crippen LogP contribution in [0.1, 0.15) is 12.5 Å². The summed E-state index contributed by atoms with van der Waals surface area (Å²) < 4.78 is 2.13. The van der Waals surface area contributed by atoms with Gasteiger partial charge in [-0.15, -0.1) is 0 Å². The second-order valence-electron chi connectivity index (χ2n) is 4.50. The highest BCUT2D eigenvalue weighted by Gasteiger charge is 2.07. The fourth-order valence-corrected chi connectivity index (χ4v) is 2.35. The van der Waals surface area contributed by atoms with Crippen LogP contribution in [0.25, 0.3) is 16.9 Å². The van der Waals surface area contributed by atoms with Crippen LogP contribution in [0.15, 0.2) is 54.9 Å². The molecule has 3 heteroatoms. The van der Waals surface area contributed by atoms with Crippen LogP contribution in [0.2, 0.25) is 0 Å². The minimum absolute atomic E-state index is 0.887. The van der Waals surface area contributed by atoms with Crippen LogP contribution in [0.5, 0.6) is 0 Å². The average molecular weight is 251 g/mol. The highest BCUT2D eigenvalue weighted by molar-refractivity contribution is 5.67. The van der Waals surface area contributed by atoms with Crippen molar-refractivity contribution >= 4 is 5.65 Å². The summed E-state index contributed by atoms with van der Waals surface area (Å²) in [7, 11) is 0. The summed E-state index contributed by atoms with van der Waals surface area (Å²) in [5.41, 5.74) is 4.73. The smallest absolute Gasteiger partial charge is 0.137 e. The van der Waals surface area contributed by atoms with Crippen molar-refractivity contribution in [3.8, 4) is 11.3 Å². The molecule has 2 heterocycles. The van der Waals surface area contributed by atoms with E-state index in [0.29, 0.717) is 0 Å². The van der Waals surface area contributed by atoms with Crippen LogP contribution in [0, 0.1) is 0 Å². The molecule has 0 radical (unpaired) electrons. The molecule has 0 bridgehead atoms. The Morgan fingerprint density at radius 3 is 2.89 bits per heavy atom. The van der Waals surface area contributed by atoms with E-state index in [0.717, 1.165) is 18.7 Å². The Morgan fingerprint density at radius 2 is 2.00 bits per heavy atom. The molecule has 0 atom stereocenters. The van der Waals surface area contributed by atoms with Crippen LogP contribution in [0.4, 0.5) is 0 Å². The van der Waals surface area contributed by atoms with Gasteiger partial charge in [0.05, 0.1) is 5.69 Å². The lowest BCUT2D eigenvalue weighted by atomic mass is 10.0. The van der Waals surface area contributed by atoms with Crippen LogP contribution in [-0.4, -0.2) is 15.9 Å². The molecule has 2 aromatic heterocycles. The van der Waals surface area contributed by atoms with Crippen molar-refractivity contribution < 1.29 is 0 Å². The molecular formula is C16H17N3. The Bertz CT molecular complexity index is 685. The maximum Gasteiger partial charge on any atom is 0.137 e. The monoisotopic (exact) mass is 251 g/mol. The minimum Gasteiger partial charge on any atom is -0.313 e. The van der Waals surface area contributed by atoms with Gasteiger partial charge in [-0.3, -0.25) is 4.40 Å². The lowest BCUT2D eigenvalue weighted by molar-refractivity contribution is 0.727. The number of hydrogen-bond acceptors (Lipinski definition) is 2. The second kappa shape index (κ2) is 5.24. The number of fused-ring (bicyclic) bond motifs is 1. The Hall–Kier alpha value is -2.13. The van der Waals surface area contributed by atoms with E-state index < -0.39 is 0 Å². The van der Waals surface area contributed by atoms with Crippen molar-refractivity contribution in [2.45, 2.75) is 13.5 Å². The van der Waals surface area contributed by atoms with Crippen molar-refractivity contribution in [2.75, 3.05) is 6.54 Å². The number of benzene rings is 1. The molecule has 1 aromatic carbocycles. The molecule has 0 fully saturated rings. The highest BCUT2D eigenvalue weighted by atomic mass is 15.0. The highest BCUT2D eigenvalue weighted by Crippen LogP contribution is 2.24. The van der Waals surface area contributed by atoms with Gasteiger partial charge in [-0.2, -0.15) is 0 Å². The van der Waals surface area contributed by atoms with Crippen molar-refractivity contribution in [1.82, 2.24) is 14.7 Å². The van der Waals surface area contributed by atoms with E-state index in [1.165, 1.54) is 16.8 Å². The van der Waals surface area contributed by atoms with Gasteiger partial charge in [0.1, 0.15) is 5.65 Å². The maximum absolute atomic E-state index is 4.34. The summed E-state index contributed by atoms with van der Waals surface area (Å²) in [5, 5.41) is 3.39. The van der Waals surface area contributed by atoms with Gasteiger partial charge in [0, 0.05) is 24.5 Å². The van der Waals surface area contributed by atoms with Crippen molar-refractivity contribution in [2.24, 2.45) is 0 Å². The molecular weight excluding hydrogens is 234 g/mol. The second-order valence-corrected chi connectivity index (χ2v) is 4.50. The predicted octanol–water partition coefficient (Wildman–Crippen LogP) is 3.11. The Labute approximate surface area is 112 Å². The lowest BCUT2D eigenvalue weighted by Crippen LogP contribution is -2.12. The van der Waals surface area contributed by atoms with Crippen molar-refractivity contribution in [1.29, 1.82) is 0 Å². The molecule has 0 aliphatic rings. The van der Waals surface area contributed by atoms with E-state index in [9.17, 15) is 0 Å². The molecule has 3 aromatic rings. The number of pyridine rings is 1. The summed E-state index contributed by atoms with van der Waals surface area (Å²) in [6, 6.07) is 14.7. The zero-order valence-electron chi connectivity index (χ0n) is 11.0. The first-order valence-electron chi connectivity index (χ1n) is 6.61. The first-order valence-corrected chi connectivity index (χ1v) is 6.61. The molecule has 1 N–H and O–H groups in total. The van der Waals surface area contributed by atoms with Gasteiger partial charge in [0.15, 0.2) is 0 Å². The molecule has 0 saturated heterocycles. The molecule has 96 valence electrons. The van der Waals surface area contributed by atoms with E-state index in [1.807, 2.05) is 18.5 Å². The number of nitrogens with zero attached hydrogens (tertiary/aromatic N) is 2. The van der Waals surface area contributed by atoms with Crippen molar-refractivity contribution in [3.63, 3.8) is 0 Å². The standard InChI is InChI=1S/C16H17N3/c1-2-17-12-13-6-3-4-7-14(13)15-8-5-9-16-18-10-11-19(15)16/h3-11,17H,2,12H2,1H3. The van der Waals surface area contributed by atoms with Gasteiger partial charge >= 0.3 is 0 Å². The van der Waals surface area contributed by atoms with Gasteiger partial charge in [-0.25, -0.2) is 4.98 Å². The van der Waals surface area contributed by atoms with Gasteiger partial charge in [0.2, 0.25) is 0 Å². The number of hydrogen-bond donors (Lipinski definition) is 1. The Kier molecular flexibility index (Phi) is 3.29. The number of rotatable bonds is 4. The predicted molar refractivity (Wildman–Crippen MR) is 78.0 cm³/mol. The van der Waals surface area contributed by atoms with E-state index in [4.69, 9.17) is 0 Å². The largest absolute Gasteiger partial charge is 0.313 e. The van der Waals surface area contributed by atoms with E-state index in [2.05, 4.69) is 58.0 Å². The van der Waals surface area contributed by atoms with Crippen LogP contribution < -0.4 is 5.32 Å². The molecule has 0 unspecified atom stereocenters. The quantitative estimate of drug-likeness (QED) is 0.772. The van der Waals surface area contributed by atoms with Crippen LogP contribution in [-0.2, 0) is 6.54 Å². The molecule has 0 saturated carbocycles. The molecule has 0 aliphatic carbocycles. The third kappa shape index (κ3) is 2.25. The van der Waals surface area contributed by atoms with Crippen molar-refractivity contribution in [3.05, 3.63) is 60.4 Å². The molecule has 3 nitrogen and oxygen atoms in total. The molecule has 19 heavy (non-hydrogen) atoms. The Morgan fingerprint density at radius 1 is 1.11 bits per heavy atom. The average Bonchev–Trinajstić information content (AvgIpc) is 2.94. The van der Waals surface area contributed by atoms with E-state index in [1.54, 1.807) is 0 Å². The first-order chi connectivity index (χ1) is 9.40. The summed E-state index contributed by atoms with van der Waals surface area (Å²) in [5.74, 6) is 0. The van der Waals surface area contributed by atoms with Crippen LogP contribution >= 0.6 is 0 Å². The summed E-state index contributed by atoms with van der Waals surface area (Å²) >= 11 is 0. The molecule has 0 spiro atoms. The zero-order valence-corrected chi connectivity index (χ0v) is 11.0. The number of aromatic nitrogens is 2. The fraction of sp³-hybridized carbons (Fsp3) is 0.188.